The molecular formula is CH2Br2S3. The lowest BCUT2D eigenvalue weighted by atomic mass is 11.9. The molecule has 0 aliphatic carbocycles. The van der Waals surface area contributed by atoms with Gasteiger partial charge in [0.1, 0.15) is 0 Å². The fraction of sp³-hybridized carbons (Fsp3) is 0. The van der Waals surface area contributed by atoms with Crippen molar-refractivity contribution in [1.29, 1.82) is 0 Å². The first-order valence-electron chi connectivity index (χ1n) is 0.989. The van der Waals surface area contributed by atoms with E-state index < -0.39 is 7.76 Å². The molecule has 0 aromatic heterocycles. The molecule has 0 radical (unpaired) electrons. The van der Waals surface area contributed by atoms with E-state index in [-0.39, 0.29) is 0 Å². The van der Waals surface area contributed by atoms with Gasteiger partial charge in [0, 0.05) is 0 Å². The minimum atomic E-state index is -0.439. The van der Waals surface area contributed by atoms with Gasteiger partial charge in [-0.3, -0.25) is 0 Å². The molecule has 6 heavy (non-hydrogen) atoms. The van der Waals surface area contributed by atoms with Crippen molar-refractivity contribution in [1.82, 2.24) is 0 Å². The molecule has 0 aliphatic heterocycles. The average molecular weight is 270 g/mol. The molecular weight excluding hydrogens is 268 g/mol. The Hall–Kier alpha value is 1.75. The fourth-order valence-electron chi connectivity index (χ4n) is 0. The molecule has 0 atom stereocenters. The summed E-state index contributed by atoms with van der Waals surface area (Å²) in [6.45, 7) is 0. The molecule has 0 saturated heterocycles. The molecule has 0 saturated carbocycles. The van der Waals surface area contributed by atoms with Crippen molar-refractivity contribution in [2.24, 2.45) is 0 Å². The van der Waals surface area contributed by atoms with E-state index in [0.29, 0.717) is 3.53 Å². The van der Waals surface area contributed by atoms with E-state index in [1.165, 1.54) is 0 Å². The highest BCUT2D eigenvalue weighted by molar-refractivity contribution is 9.90. The minimum absolute atomic E-state index is 0.439. The standard InChI is InChI=1S/CH2Br2S3/c2-6(3)1(4)5/h6H,(H,4,5). The summed E-state index contributed by atoms with van der Waals surface area (Å²) >= 11 is 14.9. The maximum atomic E-state index is 4.62. The molecule has 0 aromatic carbocycles. The van der Waals surface area contributed by atoms with Gasteiger partial charge in [0.05, 0.1) is 3.53 Å². The van der Waals surface area contributed by atoms with Gasteiger partial charge in [-0.05, 0) is 29.6 Å². The molecule has 0 bridgehead atoms. The largest absolute Gasteiger partial charge is 0.125 e. The lowest BCUT2D eigenvalue weighted by molar-refractivity contribution is 4.22. The molecule has 0 rings (SSSR count). The van der Waals surface area contributed by atoms with Crippen LogP contribution in [-0.2, 0) is 0 Å². The average Bonchev–Trinajstić information content (AvgIpc) is 1.36. The van der Waals surface area contributed by atoms with E-state index in [0.717, 1.165) is 0 Å². The molecule has 0 spiro atoms. The van der Waals surface area contributed by atoms with Crippen LogP contribution in [0.3, 0.4) is 0 Å². The summed E-state index contributed by atoms with van der Waals surface area (Å²) in [6, 6.07) is 0. The Kier molecular flexibility index (Phi) is 4.80. The molecule has 38 valence electrons. The third kappa shape index (κ3) is 3.92. The second-order valence-corrected chi connectivity index (χ2v) is 10.4. The van der Waals surface area contributed by atoms with Gasteiger partial charge in [-0.1, -0.05) is 20.0 Å². The van der Waals surface area contributed by atoms with Crippen LogP contribution < -0.4 is 0 Å². The molecule has 0 fully saturated rings. The quantitative estimate of drug-likeness (QED) is 0.504. The second kappa shape index (κ2) is 3.72. The highest BCUT2D eigenvalue weighted by atomic mass is 79.9. The first-order chi connectivity index (χ1) is 2.64. The summed E-state index contributed by atoms with van der Waals surface area (Å²) in [6.07, 6.45) is 0. The summed E-state index contributed by atoms with van der Waals surface area (Å²) in [5, 5.41) is 0. The topological polar surface area (TPSA) is 0 Å². The van der Waals surface area contributed by atoms with Crippen LogP contribution in [0.1, 0.15) is 0 Å². The zero-order valence-electron chi connectivity index (χ0n) is 2.56. The van der Waals surface area contributed by atoms with Gasteiger partial charge in [0.25, 0.3) is 0 Å². The van der Waals surface area contributed by atoms with Crippen LogP contribution in [-0.4, -0.2) is 3.53 Å². The van der Waals surface area contributed by atoms with Gasteiger partial charge in [-0.25, -0.2) is 0 Å². The number of halogens is 2. The predicted octanol–water partition coefficient (Wildman–Crippen LogP) is 2.82. The van der Waals surface area contributed by atoms with Gasteiger partial charge < -0.3 is 0 Å². The lowest BCUT2D eigenvalue weighted by Gasteiger charge is -1.94. The first-order valence-corrected chi connectivity index (χ1v) is 7.22. The van der Waals surface area contributed by atoms with Crippen LogP contribution in [0.2, 0.25) is 0 Å². The number of rotatable bonds is 0. The normalized spacial score (nSPS) is 10.8. The third-order valence-corrected chi connectivity index (χ3v) is 6.76. The second-order valence-electron chi connectivity index (χ2n) is 0.515. The number of hydrogen-bond acceptors (Lipinski definition) is 1. The Morgan fingerprint density at radius 3 is 1.83 bits per heavy atom. The van der Waals surface area contributed by atoms with Gasteiger partial charge in [-0.2, -0.15) is 0 Å². The smallest absolute Gasteiger partial charge is 0.0998 e. The van der Waals surface area contributed by atoms with Crippen LogP contribution in [0.25, 0.3) is 0 Å². The zero-order chi connectivity index (χ0) is 5.15. The third-order valence-electron chi connectivity index (χ3n) is 0.145. The van der Waals surface area contributed by atoms with Crippen molar-refractivity contribution in [2.75, 3.05) is 0 Å². The monoisotopic (exact) mass is 268 g/mol. The minimum Gasteiger partial charge on any atom is -0.125 e. The Morgan fingerprint density at radius 2 is 1.83 bits per heavy atom. The molecule has 0 unspecified atom stereocenters. The zero-order valence-corrected chi connectivity index (χ0v) is 8.34. The summed E-state index contributed by atoms with van der Waals surface area (Å²) in [5.41, 5.74) is 0. The highest BCUT2D eigenvalue weighted by Gasteiger charge is 1.90. The molecule has 5 heteroatoms. The number of thiocarbonyl (C=S) groups is 1. The fourth-order valence-corrected chi connectivity index (χ4v) is 0. The van der Waals surface area contributed by atoms with E-state index in [1.807, 2.05) is 0 Å². The van der Waals surface area contributed by atoms with Crippen LogP contribution >= 0.6 is 62.2 Å². The molecule has 0 N–H and O–H groups in total. The van der Waals surface area contributed by atoms with Crippen LogP contribution in [0.15, 0.2) is 0 Å². The first kappa shape index (κ1) is 7.75. The Labute approximate surface area is 65.2 Å². The lowest BCUT2D eigenvalue weighted by Crippen LogP contribution is -1.62. The van der Waals surface area contributed by atoms with E-state index in [4.69, 9.17) is 0 Å². The van der Waals surface area contributed by atoms with Crippen LogP contribution in [0.4, 0.5) is 0 Å². The molecule has 0 aliphatic rings. The molecule has 0 amide bonds. The number of thiol groups is 2. The number of hydrogen-bond donors (Lipinski definition) is 2. The van der Waals surface area contributed by atoms with Gasteiger partial charge in [-0.15, -0.1) is 12.6 Å². The summed E-state index contributed by atoms with van der Waals surface area (Å²) in [4.78, 5) is 0. The van der Waals surface area contributed by atoms with Gasteiger partial charge in [0.15, 0.2) is 0 Å². The van der Waals surface area contributed by atoms with Crippen LogP contribution in [0.5, 0.6) is 0 Å². The summed E-state index contributed by atoms with van der Waals surface area (Å²) < 4.78 is 0.685. The van der Waals surface area contributed by atoms with E-state index in [1.54, 1.807) is 0 Å². The Bertz CT molecular complexity index is 59.8. The van der Waals surface area contributed by atoms with Crippen molar-refractivity contribution in [2.45, 2.75) is 0 Å². The van der Waals surface area contributed by atoms with Crippen molar-refractivity contribution >= 4 is 65.8 Å². The van der Waals surface area contributed by atoms with Crippen LogP contribution in [0, 0.1) is 0 Å². The van der Waals surface area contributed by atoms with Crippen molar-refractivity contribution in [3.63, 3.8) is 0 Å². The molecule has 0 nitrogen and oxygen atoms in total. The Morgan fingerprint density at radius 1 is 1.67 bits per heavy atom. The summed E-state index contributed by atoms with van der Waals surface area (Å²) in [7, 11) is -0.439. The maximum Gasteiger partial charge on any atom is 0.0998 e. The Balaban J connectivity index is 3.26. The SMILES string of the molecule is S=C(S)[SH](Br)Br. The highest BCUT2D eigenvalue weighted by Crippen LogP contribution is 2.44. The predicted molar refractivity (Wildman–Crippen MR) is 48.4 cm³/mol. The van der Waals surface area contributed by atoms with Gasteiger partial charge >= 0.3 is 0 Å². The van der Waals surface area contributed by atoms with Crippen molar-refractivity contribution in [3.05, 3.63) is 0 Å². The van der Waals surface area contributed by atoms with Gasteiger partial charge in [0.2, 0.25) is 0 Å². The van der Waals surface area contributed by atoms with E-state index >= 15 is 0 Å². The van der Waals surface area contributed by atoms with E-state index in [9.17, 15) is 0 Å². The summed E-state index contributed by atoms with van der Waals surface area (Å²) in [5.74, 6) is 0. The van der Waals surface area contributed by atoms with Crippen molar-refractivity contribution < 1.29 is 0 Å². The maximum absolute atomic E-state index is 4.62. The molecule has 0 aromatic rings. The van der Waals surface area contributed by atoms with E-state index in [2.05, 4.69) is 54.5 Å². The van der Waals surface area contributed by atoms with Crippen molar-refractivity contribution in [3.8, 4) is 0 Å². The molecule has 0 heterocycles.